The number of amides is 1. The molecule has 0 radical (unpaired) electrons. The van der Waals surface area contributed by atoms with E-state index in [4.69, 9.17) is 0 Å². The molecular weight excluding hydrogens is 250 g/mol. The van der Waals surface area contributed by atoms with Gasteiger partial charge in [-0.25, -0.2) is 4.98 Å². The summed E-state index contributed by atoms with van der Waals surface area (Å²) in [6, 6.07) is 9.85. The maximum atomic E-state index is 11.9. The molecule has 0 bridgehead atoms. The van der Waals surface area contributed by atoms with E-state index in [9.17, 15) is 4.79 Å². The Hall–Kier alpha value is -2.36. The van der Waals surface area contributed by atoms with E-state index in [1.54, 1.807) is 12.5 Å². The monoisotopic (exact) mass is 269 g/mol. The Morgan fingerprint density at radius 3 is 2.85 bits per heavy atom. The van der Waals surface area contributed by atoms with Crippen LogP contribution in [0.1, 0.15) is 18.9 Å². The van der Waals surface area contributed by atoms with Crippen LogP contribution in [0.4, 0.5) is 0 Å². The molecule has 1 aromatic carbocycles. The molecule has 1 amide bonds. The number of benzene rings is 1. The van der Waals surface area contributed by atoms with Crippen LogP contribution in [0.15, 0.2) is 54.6 Å². The number of hydrogen-bond donors (Lipinski definition) is 1. The molecule has 0 saturated heterocycles. The summed E-state index contributed by atoms with van der Waals surface area (Å²) in [6.45, 7) is 3.36. The molecule has 0 atom stereocenters. The molecule has 2 rings (SSSR count). The topological polar surface area (TPSA) is 46.9 Å². The predicted molar refractivity (Wildman–Crippen MR) is 79.9 cm³/mol. The molecule has 1 aromatic heterocycles. The number of nitrogens with one attached hydrogen (secondary N) is 1. The Morgan fingerprint density at radius 2 is 2.15 bits per heavy atom. The summed E-state index contributed by atoms with van der Waals surface area (Å²) in [5.74, 6) is -0.0144. The molecule has 0 saturated carbocycles. The Bertz CT molecular complexity index is 559. The van der Waals surface area contributed by atoms with Crippen LogP contribution in [0.25, 0.3) is 6.08 Å². The van der Waals surface area contributed by atoms with Crippen molar-refractivity contribution in [2.24, 2.45) is 0 Å². The van der Waals surface area contributed by atoms with Crippen LogP contribution < -0.4 is 5.32 Å². The molecule has 0 aliphatic carbocycles. The highest BCUT2D eigenvalue weighted by atomic mass is 16.1. The smallest absolute Gasteiger partial charge is 0.246 e. The number of carbonyl (C=O) groups is 1. The zero-order valence-electron chi connectivity index (χ0n) is 11.6. The van der Waals surface area contributed by atoms with Crippen LogP contribution >= 0.6 is 0 Å². The lowest BCUT2D eigenvalue weighted by molar-refractivity contribution is -0.117. The maximum Gasteiger partial charge on any atom is 0.246 e. The molecule has 2 aromatic rings. The summed E-state index contributed by atoms with van der Waals surface area (Å²) in [5, 5.41) is 2.92. The Labute approximate surface area is 119 Å². The van der Waals surface area contributed by atoms with Crippen LogP contribution in [0.2, 0.25) is 0 Å². The van der Waals surface area contributed by atoms with Gasteiger partial charge >= 0.3 is 0 Å². The number of aromatic nitrogens is 2. The molecule has 20 heavy (non-hydrogen) atoms. The van der Waals surface area contributed by atoms with Crippen molar-refractivity contribution in [2.75, 3.05) is 6.54 Å². The van der Waals surface area contributed by atoms with E-state index in [1.807, 2.05) is 54.1 Å². The van der Waals surface area contributed by atoms with E-state index in [0.717, 1.165) is 24.1 Å². The van der Waals surface area contributed by atoms with Crippen molar-refractivity contribution in [3.05, 3.63) is 60.2 Å². The highest BCUT2D eigenvalue weighted by molar-refractivity contribution is 5.97. The fourth-order valence-electron chi connectivity index (χ4n) is 1.89. The standard InChI is InChI=1S/C16H19N3O/c1-14(12-15-6-3-2-4-7-15)16(20)18-8-5-10-19-11-9-17-13-19/h2-4,6-7,9,11-13H,5,8,10H2,1H3,(H,18,20)/b14-12+. The second-order valence-electron chi connectivity index (χ2n) is 4.65. The van der Waals surface area contributed by atoms with Crippen molar-refractivity contribution >= 4 is 12.0 Å². The van der Waals surface area contributed by atoms with Gasteiger partial charge < -0.3 is 9.88 Å². The van der Waals surface area contributed by atoms with E-state index in [0.29, 0.717) is 6.54 Å². The second kappa shape index (κ2) is 7.28. The Morgan fingerprint density at radius 1 is 1.35 bits per heavy atom. The van der Waals surface area contributed by atoms with E-state index in [-0.39, 0.29) is 5.91 Å². The SMILES string of the molecule is C/C(=C\c1ccccc1)C(=O)NCCCn1ccnc1. The van der Waals surface area contributed by atoms with Gasteiger partial charge in [0.25, 0.3) is 0 Å². The molecule has 1 heterocycles. The number of nitrogens with zero attached hydrogens (tertiary/aromatic N) is 2. The molecule has 0 fully saturated rings. The minimum atomic E-state index is -0.0144. The molecule has 0 unspecified atom stereocenters. The second-order valence-corrected chi connectivity index (χ2v) is 4.65. The average molecular weight is 269 g/mol. The van der Waals surface area contributed by atoms with Crippen molar-refractivity contribution in [1.82, 2.24) is 14.9 Å². The van der Waals surface area contributed by atoms with Gasteiger partial charge in [0.2, 0.25) is 5.91 Å². The van der Waals surface area contributed by atoms with Crippen LogP contribution in [-0.4, -0.2) is 22.0 Å². The van der Waals surface area contributed by atoms with Crippen molar-refractivity contribution < 1.29 is 4.79 Å². The van der Waals surface area contributed by atoms with Crippen molar-refractivity contribution in [2.45, 2.75) is 19.9 Å². The molecule has 4 nitrogen and oxygen atoms in total. The highest BCUT2D eigenvalue weighted by Gasteiger charge is 2.03. The third-order valence-corrected chi connectivity index (χ3v) is 2.98. The predicted octanol–water partition coefficient (Wildman–Crippen LogP) is 2.49. The van der Waals surface area contributed by atoms with Crippen LogP contribution in [0, 0.1) is 0 Å². The average Bonchev–Trinajstić information content (AvgIpc) is 2.97. The third-order valence-electron chi connectivity index (χ3n) is 2.98. The lowest BCUT2D eigenvalue weighted by Gasteiger charge is -2.06. The molecule has 1 N–H and O–H groups in total. The Balaban J connectivity index is 1.75. The summed E-state index contributed by atoms with van der Waals surface area (Å²) < 4.78 is 2.00. The lowest BCUT2D eigenvalue weighted by atomic mass is 10.1. The summed E-state index contributed by atoms with van der Waals surface area (Å²) in [4.78, 5) is 15.9. The maximum absolute atomic E-state index is 11.9. The van der Waals surface area contributed by atoms with Gasteiger partial charge in [0.05, 0.1) is 6.33 Å². The first kappa shape index (κ1) is 14.1. The first-order valence-corrected chi connectivity index (χ1v) is 6.73. The number of rotatable bonds is 6. The first-order valence-electron chi connectivity index (χ1n) is 6.73. The zero-order valence-corrected chi connectivity index (χ0v) is 11.6. The van der Waals surface area contributed by atoms with E-state index < -0.39 is 0 Å². The molecule has 0 aliphatic heterocycles. The number of imidazole rings is 1. The van der Waals surface area contributed by atoms with Crippen LogP contribution in [0.5, 0.6) is 0 Å². The molecule has 104 valence electrons. The first-order chi connectivity index (χ1) is 9.75. The molecule has 0 spiro atoms. The minimum Gasteiger partial charge on any atom is -0.352 e. The lowest BCUT2D eigenvalue weighted by Crippen LogP contribution is -2.25. The molecule has 4 heteroatoms. The number of hydrogen-bond acceptors (Lipinski definition) is 2. The summed E-state index contributed by atoms with van der Waals surface area (Å²) in [6.07, 6.45) is 8.24. The fraction of sp³-hybridized carbons (Fsp3) is 0.250. The quantitative estimate of drug-likeness (QED) is 0.647. The molecule has 0 aliphatic rings. The van der Waals surface area contributed by atoms with Crippen molar-refractivity contribution in [3.8, 4) is 0 Å². The van der Waals surface area contributed by atoms with Crippen LogP contribution in [-0.2, 0) is 11.3 Å². The summed E-state index contributed by atoms with van der Waals surface area (Å²) in [7, 11) is 0. The Kier molecular flexibility index (Phi) is 5.12. The van der Waals surface area contributed by atoms with Crippen LogP contribution in [0.3, 0.4) is 0 Å². The van der Waals surface area contributed by atoms with E-state index >= 15 is 0 Å². The van der Waals surface area contributed by atoms with Gasteiger partial charge in [-0.3, -0.25) is 4.79 Å². The summed E-state index contributed by atoms with van der Waals surface area (Å²) >= 11 is 0. The van der Waals surface area contributed by atoms with Gasteiger partial charge in [-0.05, 0) is 25.0 Å². The normalized spacial score (nSPS) is 11.3. The van der Waals surface area contributed by atoms with E-state index in [1.165, 1.54) is 0 Å². The fourth-order valence-corrected chi connectivity index (χ4v) is 1.89. The van der Waals surface area contributed by atoms with Gasteiger partial charge in [0, 0.05) is 31.1 Å². The van der Waals surface area contributed by atoms with Gasteiger partial charge in [0.1, 0.15) is 0 Å². The minimum absolute atomic E-state index is 0.0144. The third kappa shape index (κ3) is 4.39. The van der Waals surface area contributed by atoms with Crippen molar-refractivity contribution in [3.63, 3.8) is 0 Å². The van der Waals surface area contributed by atoms with Gasteiger partial charge in [-0.15, -0.1) is 0 Å². The highest BCUT2D eigenvalue weighted by Crippen LogP contribution is 2.05. The number of carbonyl (C=O) groups excluding carboxylic acids is 1. The van der Waals surface area contributed by atoms with E-state index in [2.05, 4.69) is 10.3 Å². The summed E-state index contributed by atoms with van der Waals surface area (Å²) in [5.41, 5.74) is 1.76. The van der Waals surface area contributed by atoms with Gasteiger partial charge in [0.15, 0.2) is 0 Å². The number of aryl methyl sites for hydroxylation is 1. The van der Waals surface area contributed by atoms with Gasteiger partial charge in [-0.2, -0.15) is 0 Å². The molecular formula is C16H19N3O. The van der Waals surface area contributed by atoms with Crippen molar-refractivity contribution in [1.29, 1.82) is 0 Å². The largest absolute Gasteiger partial charge is 0.352 e. The van der Waals surface area contributed by atoms with Gasteiger partial charge in [-0.1, -0.05) is 30.3 Å². The zero-order chi connectivity index (χ0) is 14.2.